The van der Waals surface area contributed by atoms with E-state index in [1.165, 1.54) is 38.6 Å². The van der Waals surface area contributed by atoms with Crippen molar-refractivity contribution in [1.29, 1.82) is 0 Å². The molecular weight excluding hydrogens is 451 g/mol. The van der Waals surface area contributed by atoms with E-state index >= 15 is 0 Å². The van der Waals surface area contributed by atoms with Crippen LogP contribution in [0.4, 0.5) is 27.8 Å². The maximum Gasteiger partial charge on any atom is 0.266 e. The van der Waals surface area contributed by atoms with Gasteiger partial charge in [-0.15, -0.1) is 10.2 Å². The van der Waals surface area contributed by atoms with Gasteiger partial charge in [0.05, 0.1) is 0 Å². The Balaban J connectivity index is 1.24. The SMILES string of the molecule is Fc1cc(F)c(F)c(-c2nnc(NC3C[C@@H]4CN(CC5CCCCC5)C[C@@H]4C3)cc2C(F)F)c1. The highest BCUT2D eigenvalue weighted by atomic mass is 19.3. The Morgan fingerprint density at radius 3 is 2.32 bits per heavy atom. The van der Waals surface area contributed by atoms with E-state index < -0.39 is 40.7 Å². The third-order valence-electron chi connectivity index (χ3n) is 7.73. The molecule has 0 bridgehead atoms. The van der Waals surface area contributed by atoms with Crippen LogP contribution in [0.5, 0.6) is 0 Å². The predicted octanol–water partition coefficient (Wildman–Crippen LogP) is 6.20. The minimum absolute atomic E-state index is 0.0980. The molecule has 1 aliphatic heterocycles. The number of alkyl halides is 2. The van der Waals surface area contributed by atoms with E-state index in [1.54, 1.807) is 0 Å². The summed E-state index contributed by atoms with van der Waals surface area (Å²) in [4.78, 5) is 2.59. The van der Waals surface area contributed by atoms with E-state index in [1.807, 2.05) is 0 Å². The Labute approximate surface area is 195 Å². The normalized spacial score (nSPS) is 25.8. The van der Waals surface area contributed by atoms with Gasteiger partial charge in [-0.25, -0.2) is 22.0 Å². The van der Waals surface area contributed by atoms with Crippen LogP contribution in [0.1, 0.15) is 56.9 Å². The summed E-state index contributed by atoms with van der Waals surface area (Å²) in [5.74, 6) is -1.83. The number of hydrogen-bond donors (Lipinski definition) is 1. The van der Waals surface area contributed by atoms with E-state index in [0.717, 1.165) is 37.9 Å². The van der Waals surface area contributed by atoms with E-state index in [2.05, 4.69) is 20.4 Å². The Hall–Kier alpha value is -2.29. The summed E-state index contributed by atoms with van der Waals surface area (Å²) in [6.07, 6.45) is 5.59. The summed E-state index contributed by atoms with van der Waals surface area (Å²) < 4.78 is 68.9. The number of anilines is 1. The monoisotopic (exact) mass is 480 g/mol. The molecule has 2 aromatic rings. The summed E-state index contributed by atoms with van der Waals surface area (Å²) >= 11 is 0. The van der Waals surface area contributed by atoms with Crippen molar-refractivity contribution in [2.24, 2.45) is 17.8 Å². The molecule has 5 rings (SSSR count). The summed E-state index contributed by atoms with van der Waals surface area (Å²) in [6, 6.07) is 2.22. The molecule has 0 amide bonds. The highest BCUT2D eigenvalue weighted by Crippen LogP contribution is 2.40. The molecule has 4 nitrogen and oxygen atoms in total. The van der Waals surface area contributed by atoms with Crippen molar-refractivity contribution in [3.8, 4) is 11.3 Å². The van der Waals surface area contributed by atoms with Crippen molar-refractivity contribution >= 4 is 5.82 Å². The minimum atomic E-state index is -3.01. The number of fused-ring (bicyclic) bond motifs is 1. The van der Waals surface area contributed by atoms with Gasteiger partial charge in [0.2, 0.25) is 0 Å². The second kappa shape index (κ2) is 9.76. The van der Waals surface area contributed by atoms with E-state index in [-0.39, 0.29) is 11.9 Å². The number of halogens is 5. The zero-order chi connectivity index (χ0) is 23.8. The highest BCUT2D eigenvalue weighted by Gasteiger charge is 2.41. The Morgan fingerprint density at radius 2 is 1.65 bits per heavy atom. The van der Waals surface area contributed by atoms with Crippen LogP contribution in [0.2, 0.25) is 0 Å². The zero-order valence-corrected chi connectivity index (χ0v) is 18.9. The first kappa shape index (κ1) is 23.5. The molecule has 0 radical (unpaired) electrons. The Bertz CT molecular complexity index is 1010. The van der Waals surface area contributed by atoms with Crippen LogP contribution >= 0.6 is 0 Å². The predicted molar refractivity (Wildman–Crippen MR) is 119 cm³/mol. The number of aromatic nitrogens is 2. The molecule has 1 saturated heterocycles. The van der Waals surface area contributed by atoms with Crippen LogP contribution in [0.3, 0.4) is 0 Å². The molecule has 2 heterocycles. The Morgan fingerprint density at radius 1 is 0.941 bits per heavy atom. The molecular formula is C25H29F5N4. The third-order valence-corrected chi connectivity index (χ3v) is 7.73. The molecule has 2 saturated carbocycles. The first-order valence-electron chi connectivity index (χ1n) is 12.2. The second-order valence-electron chi connectivity index (χ2n) is 10.1. The molecule has 2 aliphatic carbocycles. The summed E-state index contributed by atoms with van der Waals surface area (Å²) in [5.41, 5.74) is -1.84. The smallest absolute Gasteiger partial charge is 0.266 e. The number of nitrogens with one attached hydrogen (secondary N) is 1. The average molecular weight is 481 g/mol. The van der Waals surface area contributed by atoms with Gasteiger partial charge in [0.15, 0.2) is 11.6 Å². The van der Waals surface area contributed by atoms with Crippen LogP contribution in [-0.4, -0.2) is 40.8 Å². The lowest BCUT2D eigenvalue weighted by molar-refractivity contribution is 0.151. The topological polar surface area (TPSA) is 41.1 Å². The number of nitrogens with zero attached hydrogens (tertiary/aromatic N) is 3. The van der Waals surface area contributed by atoms with Crippen LogP contribution < -0.4 is 5.32 Å². The van der Waals surface area contributed by atoms with E-state index in [9.17, 15) is 22.0 Å². The number of benzene rings is 1. The van der Waals surface area contributed by atoms with Gasteiger partial charge in [-0.2, -0.15) is 0 Å². The molecule has 3 fully saturated rings. The molecule has 1 aromatic carbocycles. The molecule has 1 unspecified atom stereocenters. The first-order valence-corrected chi connectivity index (χ1v) is 12.2. The molecule has 34 heavy (non-hydrogen) atoms. The van der Waals surface area contributed by atoms with Crippen molar-refractivity contribution in [1.82, 2.24) is 15.1 Å². The maximum atomic E-state index is 14.2. The standard InChI is InChI=1S/C25H29F5N4/c26-17-8-19(23(28)21(27)9-17)24-20(25(29)30)10-22(32-33-24)31-18-6-15-12-34(13-16(15)7-18)11-14-4-2-1-3-5-14/h8-10,14-16,18,25H,1-7,11-13H2,(H,31,32)/t15-,16+,18?. The van der Waals surface area contributed by atoms with Gasteiger partial charge in [0.25, 0.3) is 6.43 Å². The van der Waals surface area contributed by atoms with Crippen molar-refractivity contribution in [2.45, 2.75) is 57.4 Å². The minimum Gasteiger partial charge on any atom is -0.366 e. The lowest BCUT2D eigenvalue weighted by Crippen LogP contribution is -2.31. The number of hydrogen-bond acceptors (Lipinski definition) is 4. The fraction of sp³-hybridized carbons (Fsp3) is 0.600. The summed E-state index contributed by atoms with van der Waals surface area (Å²) in [5, 5.41) is 10.9. The van der Waals surface area contributed by atoms with Gasteiger partial charge in [-0.3, -0.25) is 0 Å². The van der Waals surface area contributed by atoms with Crippen molar-refractivity contribution in [3.63, 3.8) is 0 Å². The van der Waals surface area contributed by atoms with Gasteiger partial charge in [0.1, 0.15) is 17.3 Å². The molecule has 1 aromatic heterocycles. The quantitative estimate of drug-likeness (QED) is 0.395. The lowest BCUT2D eigenvalue weighted by atomic mass is 9.89. The summed E-state index contributed by atoms with van der Waals surface area (Å²) in [7, 11) is 0. The number of likely N-dealkylation sites (tertiary alicyclic amines) is 1. The van der Waals surface area contributed by atoms with E-state index in [0.29, 0.717) is 24.0 Å². The molecule has 3 atom stereocenters. The van der Waals surface area contributed by atoms with Gasteiger partial charge >= 0.3 is 0 Å². The first-order chi connectivity index (χ1) is 16.4. The van der Waals surface area contributed by atoms with Gasteiger partial charge < -0.3 is 10.2 Å². The van der Waals surface area contributed by atoms with Gasteiger partial charge in [-0.1, -0.05) is 19.3 Å². The van der Waals surface area contributed by atoms with Crippen molar-refractivity contribution < 1.29 is 22.0 Å². The molecule has 0 spiro atoms. The highest BCUT2D eigenvalue weighted by molar-refractivity contribution is 5.65. The fourth-order valence-corrected chi connectivity index (χ4v) is 6.19. The third kappa shape index (κ3) is 4.90. The van der Waals surface area contributed by atoms with Crippen LogP contribution in [0.15, 0.2) is 18.2 Å². The molecule has 9 heteroatoms. The number of rotatable bonds is 6. The fourth-order valence-electron chi connectivity index (χ4n) is 6.19. The van der Waals surface area contributed by atoms with Crippen LogP contribution in [0, 0.1) is 35.2 Å². The second-order valence-corrected chi connectivity index (χ2v) is 10.1. The van der Waals surface area contributed by atoms with Crippen LogP contribution in [0.25, 0.3) is 11.3 Å². The molecule has 1 N–H and O–H groups in total. The largest absolute Gasteiger partial charge is 0.366 e. The van der Waals surface area contributed by atoms with Crippen molar-refractivity contribution in [3.05, 3.63) is 41.2 Å². The molecule has 3 aliphatic rings. The van der Waals surface area contributed by atoms with Gasteiger partial charge in [-0.05, 0) is 55.6 Å². The summed E-state index contributed by atoms with van der Waals surface area (Å²) in [6.45, 7) is 3.35. The maximum absolute atomic E-state index is 14.2. The lowest BCUT2D eigenvalue weighted by Gasteiger charge is -2.27. The average Bonchev–Trinajstić information content (AvgIpc) is 3.34. The van der Waals surface area contributed by atoms with Crippen LogP contribution in [-0.2, 0) is 0 Å². The zero-order valence-electron chi connectivity index (χ0n) is 18.9. The molecule has 184 valence electrons. The van der Waals surface area contributed by atoms with Gasteiger partial charge in [0, 0.05) is 42.9 Å². The van der Waals surface area contributed by atoms with E-state index in [4.69, 9.17) is 0 Å². The Kier molecular flexibility index (Phi) is 6.73. The van der Waals surface area contributed by atoms with Crippen molar-refractivity contribution in [2.75, 3.05) is 25.0 Å².